The zero-order chi connectivity index (χ0) is 12.3. The lowest BCUT2D eigenvalue weighted by Crippen LogP contribution is -2.30. The summed E-state index contributed by atoms with van der Waals surface area (Å²) in [5.74, 6) is -0.383. The Kier molecular flexibility index (Phi) is 3.64. The van der Waals surface area contributed by atoms with Crippen LogP contribution in [0.5, 0.6) is 0 Å². The van der Waals surface area contributed by atoms with Gasteiger partial charge in [0.2, 0.25) is 5.91 Å². The van der Waals surface area contributed by atoms with Crippen LogP contribution in [0, 0.1) is 6.92 Å². The molecule has 2 rings (SSSR count). The number of nitrogens with two attached hydrogens (primary N) is 1. The highest BCUT2D eigenvalue weighted by Gasteiger charge is 2.15. The minimum Gasteiger partial charge on any atom is -0.380 e. The van der Waals surface area contributed by atoms with Crippen molar-refractivity contribution in [2.75, 3.05) is 18.5 Å². The van der Waals surface area contributed by atoms with E-state index < -0.39 is 0 Å². The molecule has 0 bridgehead atoms. The van der Waals surface area contributed by atoms with Gasteiger partial charge >= 0.3 is 0 Å². The summed E-state index contributed by atoms with van der Waals surface area (Å²) in [4.78, 5) is 11.2. The van der Waals surface area contributed by atoms with Crippen LogP contribution in [0.4, 0.5) is 5.69 Å². The van der Waals surface area contributed by atoms with Crippen LogP contribution in [0.15, 0.2) is 18.2 Å². The molecule has 1 atom stereocenters. The molecule has 1 aromatic carbocycles. The second kappa shape index (κ2) is 5.19. The van der Waals surface area contributed by atoms with Crippen molar-refractivity contribution in [2.45, 2.75) is 25.8 Å². The molecule has 1 saturated heterocycles. The number of primary amides is 1. The van der Waals surface area contributed by atoms with Gasteiger partial charge in [-0.25, -0.2) is 0 Å². The summed E-state index contributed by atoms with van der Waals surface area (Å²) >= 11 is 0. The second-order valence-electron chi connectivity index (χ2n) is 4.40. The maximum atomic E-state index is 11.2. The minimum absolute atomic E-state index is 0.325. The van der Waals surface area contributed by atoms with Crippen LogP contribution < -0.4 is 11.1 Å². The lowest BCUT2D eigenvalue weighted by Gasteiger charge is -2.25. The Balaban J connectivity index is 2.15. The molecule has 1 aromatic rings. The molecule has 1 fully saturated rings. The highest BCUT2D eigenvalue weighted by Crippen LogP contribution is 2.21. The van der Waals surface area contributed by atoms with Gasteiger partial charge in [0, 0.05) is 23.9 Å². The lowest BCUT2D eigenvalue weighted by atomic mass is 10.0. The fourth-order valence-electron chi connectivity index (χ4n) is 2.13. The second-order valence-corrected chi connectivity index (χ2v) is 4.40. The number of hydrogen-bond acceptors (Lipinski definition) is 3. The van der Waals surface area contributed by atoms with Crippen LogP contribution in [0.25, 0.3) is 0 Å². The summed E-state index contributed by atoms with van der Waals surface area (Å²) in [6, 6.07) is 5.89. The summed E-state index contributed by atoms with van der Waals surface area (Å²) < 4.78 is 5.42. The number of carbonyl (C=O) groups excluding carboxylic acids is 1. The van der Waals surface area contributed by atoms with E-state index in [9.17, 15) is 4.79 Å². The van der Waals surface area contributed by atoms with Crippen molar-refractivity contribution < 1.29 is 9.53 Å². The summed E-state index contributed by atoms with van der Waals surface area (Å²) in [5, 5.41) is 3.41. The van der Waals surface area contributed by atoms with E-state index in [-0.39, 0.29) is 5.91 Å². The molecule has 1 heterocycles. The first-order chi connectivity index (χ1) is 8.18. The molecule has 4 heteroatoms. The quantitative estimate of drug-likeness (QED) is 0.836. The molecule has 1 aliphatic heterocycles. The van der Waals surface area contributed by atoms with Crippen LogP contribution in [0.2, 0.25) is 0 Å². The molecule has 0 aromatic heterocycles. The van der Waals surface area contributed by atoms with E-state index in [1.807, 2.05) is 19.1 Å². The average Bonchev–Trinajstić information content (AvgIpc) is 2.33. The van der Waals surface area contributed by atoms with Crippen molar-refractivity contribution in [1.29, 1.82) is 0 Å². The highest BCUT2D eigenvalue weighted by molar-refractivity contribution is 5.95. The van der Waals surface area contributed by atoms with E-state index in [0.717, 1.165) is 37.3 Å². The first-order valence-corrected chi connectivity index (χ1v) is 5.92. The first-order valence-electron chi connectivity index (χ1n) is 5.92. The van der Waals surface area contributed by atoms with Gasteiger partial charge in [-0.2, -0.15) is 0 Å². The molecule has 0 radical (unpaired) electrons. The standard InChI is InChI=1S/C13H18N2O2/c1-9-11(13(14)16)5-2-6-12(9)15-10-4-3-7-17-8-10/h2,5-6,10,15H,3-4,7-8H2,1H3,(H2,14,16). The number of ether oxygens (including phenoxy) is 1. The van der Waals surface area contributed by atoms with Gasteiger partial charge in [-0.05, 0) is 37.5 Å². The molecule has 1 unspecified atom stereocenters. The lowest BCUT2D eigenvalue weighted by molar-refractivity contribution is 0.0876. The van der Waals surface area contributed by atoms with Crippen molar-refractivity contribution >= 4 is 11.6 Å². The predicted molar refractivity (Wildman–Crippen MR) is 67.2 cm³/mol. The van der Waals surface area contributed by atoms with E-state index in [0.29, 0.717) is 11.6 Å². The van der Waals surface area contributed by atoms with Gasteiger partial charge in [0.1, 0.15) is 0 Å². The first kappa shape index (κ1) is 11.9. The largest absolute Gasteiger partial charge is 0.380 e. The highest BCUT2D eigenvalue weighted by atomic mass is 16.5. The molecule has 1 amide bonds. The molecule has 4 nitrogen and oxygen atoms in total. The number of anilines is 1. The van der Waals surface area contributed by atoms with Crippen LogP contribution in [0.1, 0.15) is 28.8 Å². The van der Waals surface area contributed by atoms with Crippen LogP contribution in [-0.2, 0) is 4.74 Å². The third kappa shape index (κ3) is 2.77. The Hall–Kier alpha value is -1.55. The summed E-state index contributed by atoms with van der Waals surface area (Å²) in [7, 11) is 0. The molecule has 1 aliphatic rings. The SMILES string of the molecule is Cc1c(NC2CCCOC2)cccc1C(N)=O. The van der Waals surface area contributed by atoms with Crippen LogP contribution in [-0.4, -0.2) is 25.2 Å². The van der Waals surface area contributed by atoms with Gasteiger partial charge in [0.25, 0.3) is 0 Å². The number of amides is 1. The number of carbonyl (C=O) groups is 1. The molecule has 0 spiro atoms. The molecule has 0 aliphatic carbocycles. The number of benzene rings is 1. The third-order valence-electron chi connectivity index (χ3n) is 3.12. The van der Waals surface area contributed by atoms with E-state index in [1.54, 1.807) is 6.07 Å². The van der Waals surface area contributed by atoms with Crippen molar-refractivity contribution in [3.05, 3.63) is 29.3 Å². The summed E-state index contributed by atoms with van der Waals surface area (Å²) in [6.07, 6.45) is 2.17. The normalized spacial score (nSPS) is 19.9. The van der Waals surface area contributed by atoms with Crippen molar-refractivity contribution in [1.82, 2.24) is 0 Å². The van der Waals surface area contributed by atoms with Crippen LogP contribution in [0.3, 0.4) is 0 Å². The Morgan fingerprint density at radius 3 is 3.00 bits per heavy atom. The maximum absolute atomic E-state index is 11.2. The number of hydrogen-bond donors (Lipinski definition) is 2. The van der Waals surface area contributed by atoms with Gasteiger partial charge in [-0.3, -0.25) is 4.79 Å². The molecule has 3 N–H and O–H groups in total. The van der Waals surface area contributed by atoms with E-state index in [1.165, 1.54) is 0 Å². The van der Waals surface area contributed by atoms with E-state index >= 15 is 0 Å². The van der Waals surface area contributed by atoms with Crippen LogP contribution >= 0.6 is 0 Å². The molecule has 92 valence electrons. The fourth-order valence-corrected chi connectivity index (χ4v) is 2.13. The van der Waals surface area contributed by atoms with Gasteiger partial charge in [0.15, 0.2) is 0 Å². The molecular weight excluding hydrogens is 216 g/mol. The van der Waals surface area contributed by atoms with Crippen molar-refractivity contribution in [2.24, 2.45) is 5.73 Å². The van der Waals surface area contributed by atoms with E-state index in [2.05, 4.69) is 5.32 Å². The summed E-state index contributed by atoms with van der Waals surface area (Å²) in [6.45, 7) is 3.48. The molecular formula is C13H18N2O2. The van der Waals surface area contributed by atoms with Gasteiger partial charge in [-0.15, -0.1) is 0 Å². The van der Waals surface area contributed by atoms with Gasteiger partial charge in [-0.1, -0.05) is 6.07 Å². The van der Waals surface area contributed by atoms with Crippen molar-refractivity contribution in [3.8, 4) is 0 Å². The van der Waals surface area contributed by atoms with Crippen molar-refractivity contribution in [3.63, 3.8) is 0 Å². The number of rotatable bonds is 3. The van der Waals surface area contributed by atoms with E-state index in [4.69, 9.17) is 10.5 Å². The smallest absolute Gasteiger partial charge is 0.249 e. The average molecular weight is 234 g/mol. The van der Waals surface area contributed by atoms with Gasteiger partial charge < -0.3 is 15.8 Å². The predicted octanol–water partition coefficient (Wildman–Crippen LogP) is 1.68. The molecule has 0 saturated carbocycles. The Bertz CT molecular complexity index is 412. The zero-order valence-corrected chi connectivity index (χ0v) is 10.0. The Morgan fingerprint density at radius 1 is 1.53 bits per heavy atom. The topological polar surface area (TPSA) is 64.3 Å². The third-order valence-corrected chi connectivity index (χ3v) is 3.12. The summed E-state index contributed by atoms with van der Waals surface area (Å²) in [5.41, 5.74) is 7.78. The Morgan fingerprint density at radius 2 is 2.35 bits per heavy atom. The van der Waals surface area contributed by atoms with Gasteiger partial charge in [0.05, 0.1) is 6.61 Å². The fraction of sp³-hybridized carbons (Fsp3) is 0.462. The minimum atomic E-state index is -0.383. The monoisotopic (exact) mass is 234 g/mol. The zero-order valence-electron chi connectivity index (χ0n) is 10.0. The Labute approximate surface area is 101 Å². The maximum Gasteiger partial charge on any atom is 0.249 e. The number of nitrogens with one attached hydrogen (secondary N) is 1. The molecule has 17 heavy (non-hydrogen) atoms.